The lowest BCUT2D eigenvalue weighted by atomic mass is 9.98. The van der Waals surface area contributed by atoms with E-state index in [1.165, 1.54) is 18.9 Å². The molecule has 192 valence electrons. The maximum absolute atomic E-state index is 14.9. The van der Waals surface area contributed by atoms with Crippen LogP contribution in [0.4, 0.5) is 8.78 Å². The number of halogens is 2. The average Bonchev–Trinajstić information content (AvgIpc) is 2.94. The maximum atomic E-state index is 14.9. The van der Waals surface area contributed by atoms with Crippen molar-refractivity contribution in [3.8, 4) is 44.9 Å². The lowest BCUT2D eigenvalue weighted by Crippen LogP contribution is -2.01. The predicted octanol–water partition coefficient (Wildman–Crippen LogP) is 9.71. The van der Waals surface area contributed by atoms with Gasteiger partial charge in [0.05, 0.1) is 13.2 Å². The van der Waals surface area contributed by atoms with Crippen LogP contribution in [0.25, 0.3) is 33.4 Å². The van der Waals surface area contributed by atoms with E-state index in [0.717, 1.165) is 47.3 Å². The van der Waals surface area contributed by atoms with Crippen LogP contribution in [0.2, 0.25) is 0 Å². The standard InChI is InChI=1S/C33H34F2O2/c1-3-5-6-7-8-23-37-31-22-21-30(32(34)33(31)35)28-15-13-26(14-16-28)24-9-11-25(12-10-24)27-17-19-29(20-18-27)36-4-2/h9-22H,3-8,23H2,1-2H3. The molecule has 0 radical (unpaired) electrons. The van der Waals surface area contributed by atoms with Crippen molar-refractivity contribution in [1.82, 2.24) is 0 Å². The molecular formula is C33H34F2O2. The van der Waals surface area contributed by atoms with Crippen molar-refractivity contribution in [1.29, 1.82) is 0 Å². The molecule has 0 aliphatic heterocycles. The Morgan fingerprint density at radius 1 is 0.514 bits per heavy atom. The van der Waals surface area contributed by atoms with E-state index in [1.54, 1.807) is 6.07 Å². The third-order valence-electron chi connectivity index (χ3n) is 6.47. The zero-order valence-electron chi connectivity index (χ0n) is 21.6. The van der Waals surface area contributed by atoms with Crippen molar-refractivity contribution in [3.05, 3.63) is 96.6 Å². The van der Waals surface area contributed by atoms with Crippen molar-refractivity contribution < 1.29 is 18.3 Å². The number of hydrogen-bond donors (Lipinski definition) is 0. The van der Waals surface area contributed by atoms with E-state index in [1.807, 2.05) is 55.5 Å². The average molecular weight is 501 g/mol. The highest BCUT2D eigenvalue weighted by Gasteiger charge is 2.16. The van der Waals surface area contributed by atoms with E-state index >= 15 is 0 Å². The first-order chi connectivity index (χ1) is 18.1. The fraction of sp³-hybridized carbons (Fsp3) is 0.273. The Morgan fingerprint density at radius 2 is 1.03 bits per heavy atom. The van der Waals surface area contributed by atoms with Gasteiger partial charge >= 0.3 is 0 Å². The summed E-state index contributed by atoms with van der Waals surface area (Å²) in [5.41, 5.74) is 5.14. The zero-order valence-corrected chi connectivity index (χ0v) is 21.6. The van der Waals surface area contributed by atoms with Gasteiger partial charge in [0.2, 0.25) is 5.82 Å². The molecular weight excluding hydrogens is 466 g/mol. The first-order valence-electron chi connectivity index (χ1n) is 13.2. The van der Waals surface area contributed by atoms with Crippen molar-refractivity contribution in [3.63, 3.8) is 0 Å². The van der Waals surface area contributed by atoms with Gasteiger partial charge in [0.15, 0.2) is 11.6 Å². The van der Waals surface area contributed by atoms with E-state index in [9.17, 15) is 8.78 Å². The molecule has 0 atom stereocenters. The minimum Gasteiger partial charge on any atom is -0.494 e. The van der Waals surface area contributed by atoms with Crippen LogP contribution in [0, 0.1) is 11.6 Å². The molecule has 4 rings (SSSR count). The molecule has 2 nitrogen and oxygen atoms in total. The Morgan fingerprint density at radius 3 is 1.57 bits per heavy atom. The minimum absolute atomic E-state index is 0.0269. The van der Waals surface area contributed by atoms with E-state index in [4.69, 9.17) is 9.47 Å². The van der Waals surface area contributed by atoms with Crippen LogP contribution in [-0.4, -0.2) is 13.2 Å². The van der Waals surface area contributed by atoms with Crippen LogP contribution in [0.3, 0.4) is 0 Å². The van der Waals surface area contributed by atoms with Crippen molar-refractivity contribution in [2.24, 2.45) is 0 Å². The summed E-state index contributed by atoms with van der Waals surface area (Å²) in [6.07, 6.45) is 5.36. The molecule has 0 aliphatic rings. The fourth-order valence-corrected chi connectivity index (χ4v) is 4.36. The second-order valence-corrected chi connectivity index (χ2v) is 9.11. The molecule has 4 aromatic carbocycles. The second-order valence-electron chi connectivity index (χ2n) is 9.11. The number of benzene rings is 4. The first kappa shape index (κ1) is 26.4. The lowest BCUT2D eigenvalue weighted by Gasteiger charge is -2.11. The third-order valence-corrected chi connectivity index (χ3v) is 6.47. The van der Waals surface area contributed by atoms with Crippen molar-refractivity contribution in [2.75, 3.05) is 13.2 Å². The third kappa shape index (κ3) is 6.76. The zero-order chi connectivity index (χ0) is 26.0. The van der Waals surface area contributed by atoms with Gasteiger partial charge in [0.25, 0.3) is 0 Å². The molecule has 0 spiro atoms. The Kier molecular flexibility index (Phi) is 9.31. The maximum Gasteiger partial charge on any atom is 0.201 e. The molecule has 0 amide bonds. The first-order valence-corrected chi connectivity index (χ1v) is 13.2. The number of rotatable bonds is 12. The van der Waals surface area contributed by atoms with Crippen LogP contribution in [-0.2, 0) is 0 Å². The quantitative estimate of drug-likeness (QED) is 0.180. The highest BCUT2D eigenvalue weighted by atomic mass is 19.2. The van der Waals surface area contributed by atoms with Gasteiger partial charge < -0.3 is 9.47 Å². The number of ether oxygens (including phenoxy) is 2. The van der Waals surface area contributed by atoms with Gasteiger partial charge in [0.1, 0.15) is 5.75 Å². The topological polar surface area (TPSA) is 18.5 Å². The summed E-state index contributed by atoms with van der Waals surface area (Å²) in [7, 11) is 0. The van der Waals surface area contributed by atoms with E-state index in [-0.39, 0.29) is 11.3 Å². The van der Waals surface area contributed by atoms with Crippen molar-refractivity contribution >= 4 is 0 Å². The predicted molar refractivity (Wildman–Crippen MR) is 148 cm³/mol. The molecule has 0 unspecified atom stereocenters. The SMILES string of the molecule is CCCCCCCOc1ccc(-c2ccc(-c3ccc(-c4ccc(OCC)cc4)cc3)cc2)c(F)c1F. The molecule has 37 heavy (non-hydrogen) atoms. The van der Waals surface area contributed by atoms with Crippen LogP contribution in [0.1, 0.15) is 46.0 Å². The van der Waals surface area contributed by atoms with Gasteiger partial charge in [-0.1, -0.05) is 93.3 Å². The van der Waals surface area contributed by atoms with E-state index < -0.39 is 11.6 Å². The lowest BCUT2D eigenvalue weighted by molar-refractivity contribution is 0.285. The minimum atomic E-state index is -0.931. The molecule has 0 saturated heterocycles. The van der Waals surface area contributed by atoms with Crippen LogP contribution in [0.5, 0.6) is 11.5 Å². The largest absolute Gasteiger partial charge is 0.494 e. The molecule has 0 aliphatic carbocycles. The molecule has 0 saturated carbocycles. The molecule has 4 aromatic rings. The van der Waals surface area contributed by atoms with Gasteiger partial charge in [0, 0.05) is 5.56 Å². The highest BCUT2D eigenvalue weighted by Crippen LogP contribution is 2.32. The Hall–Kier alpha value is -3.66. The molecule has 0 fully saturated rings. The van der Waals surface area contributed by atoms with Gasteiger partial charge in [-0.25, -0.2) is 4.39 Å². The number of unbranched alkanes of at least 4 members (excludes halogenated alkanes) is 4. The van der Waals surface area contributed by atoms with Gasteiger partial charge in [-0.2, -0.15) is 4.39 Å². The molecule has 0 bridgehead atoms. The molecule has 0 N–H and O–H groups in total. The van der Waals surface area contributed by atoms with E-state index in [0.29, 0.717) is 18.8 Å². The second kappa shape index (κ2) is 13.0. The van der Waals surface area contributed by atoms with Gasteiger partial charge in [-0.05, 0) is 65.4 Å². The summed E-state index contributed by atoms with van der Waals surface area (Å²) >= 11 is 0. The summed E-state index contributed by atoms with van der Waals surface area (Å²) in [5.74, 6) is -0.976. The molecule has 0 heterocycles. The van der Waals surface area contributed by atoms with Crippen LogP contribution >= 0.6 is 0 Å². The van der Waals surface area contributed by atoms with E-state index in [2.05, 4.69) is 31.2 Å². The van der Waals surface area contributed by atoms with Crippen LogP contribution < -0.4 is 9.47 Å². The summed E-state index contributed by atoms with van der Waals surface area (Å²) in [6.45, 7) is 5.17. The normalized spacial score (nSPS) is 10.9. The van der Waals surface area contributed by atoms with Crippen LogP contribution in [0.15, 0.2) is 84.9 Å². The molecule has 0 aromatic heterocycles. The Balaban J connectivity index is 1.42. The van der Waals surface area contributed by atoms with Crippen molar-refractivity contribution in [2.45, 2.75) is 46.0 Å². The fourth-order valence-electron chi connectivity index (χ4n) is 4.36. The highest BCUT2D eigenvalue weighted by molar-refractivity contribution is 5.73. The Bertz CT molecular complexity index is 1260. The monoisotopic (exact) mass is 500 g/mol. The summed E-state index contributed by atoms with van der Waals surface area (Å²) in [4.78, 5) is 0. The molecule has 4 heteroatoms. The summed E-state index contributed by atoms with van der Waals surface area (Å²) in [6, 6.07) is 26.9. The number of hydrogen-bond acceptors (Lipinski definition) is 2. The Labute approximate surface area is 218 Å². The summed E-state index contributed by atoms with van der Waals surface area (Å²) < 4.78 is 40.5. The van der Waals surface area contributed by atoms with Gasteiger partial charge in [-0.3, -0.25) is 0 Å². The summed E-state index contributed by atoms with van der Waals surface area (Å²) in [5, 5.41) is 0. The smallest absolute Gasteiger partial charge is 0.201 e. The van der Waals surface area contributed by atoms with Gasteiger partial charge in [-0.15, -0.1) is 0 Å².